The number of ether oxygens (including phenoxy) is 1. The number of rotatable bonds is 3. The van der Waals surface area contributed by atoms with Gasteiger partial charge in [0.05, 0.1) is 4.47 Å². The van der Waals surface area contributed by atoms with E-state index in [0.717, 1.165) is 0 Å². The van der Waals surface area contributed by atoms with Gasteiger partial charge in [-0.05, 0) is 41.1 Å². The highest BCUT2D eigenvalue weighted by atomic mass is 79.9. The number of carbonyl (C=O) groups excluding carboxylic acids is 1. The summed E-state index contributed by atoms with van der Waals surface area (Å²) in [5.41, 5.74) is 5.06. The highest BCUT2D eigenvalue weighted by molar-refractivity contribution is 9.10. The van der Waals surface area contributed by atoms with Gasteiger partial charge in [-0.25, -0.2) is 0 Å². The molecule has 0 heterocycles. The van der Waals surface area contributed by atoms with Crippen molar-refractivity contribution in [2.45, 2.75) is 13.0 Å². The number of amides is 1. The van der Waals surface area contributed by atoms with Crippen LogP contribution in [-0.4, -0.2) is 12.0 Å². The van der Waals surface area contributed by atoms with Crippen molar-refractivity contribution in [2.24, 2.45) is 5.73 Å². The summed E-state index contributed by atoms with van der Waals surface area (Å²) in [7, 11) is 0. The van der Waals surface area contributed by atoms with Gasteiger partial charge < -0.3 is 10.5 Å². The highest BCUT2D eigenvalue weighted by Gasteiger charge is 2.12. The summed E-state index contributed by atoms with van der Waals surface area (Å²) < 4.78 is 5.97. The van der Waals surface area contributed by atoms with Gasteiger partial charge in [0.15, 0.2) is 6.10 Å². The molecule has 5 heteroatoms. The molecule has 0 aliphatic heterocycles. The molecule has 1 rings (SSSR count). The van der Waals surface area contributed by atoms with Gasteiger partial charge in [0.1, 0.15) is 5.75 Å². The van der Waals surface area contributed by atoms with Crippen LogP contribution in [-0.2, 0) is 4.79 Å². The Labute approximate surface area is 95.3 Å². The largest absolute Gasteiger partial charge is 0.480 e. The summed E-state index contributed by atoms with van der Waals surface area (Å²) in [6.45, 7) is 1.59. The van der Waals surface area contributed by atoms with E-state index in [1.165, 1.54) is 0 Å². The number of hydrogen-bond donors (Lipinski definition) is 1. The van der Waals surface area contributed by atoms with Crippen molar-refractivity contribution < 1.29 is 9.53 Å². The van der Waals surface area contributed by atoms with Crippen LogP contribution in [0, 0.1) is 0 Å². The fraction of sp³-hybridized carbons (Fsp3) is 0.222. The first-order valence-electron chi connectivity index (χ1n) is 3.91. The molecule has 0 bridgehead atoms. The fourth-order valence-corrected chi connectivity index (χ4v) is 1.60. The van der Waals surface area contributed by atoms with Crippen molar-refractivity contribution in [1.29, 1.82) is 0 Å². The van der Waals surface area contributed by atoms with Gasteiger partial charge in [-0.3, -0.25) is 4.79 Å². The van der Waals surface area contributed by atoms with Crippen LogP contribution in [0.4, 0.5) is 0 Å². The summed E-state index contributed by atoms with van der Waals surface area (Å²) in [4.78, 5) is 10.7. The lowest BCUT2D eigenvalue weighted by atomic mass is 10.3. The second-order valence-electron chi connectivity index (χ2n) is 2.74. The van der Waals surface area contributed by atoms with Crippen molar-refractivity contribution in [3.05, 3.63) is 27.7 Å². The van der Waals surface area contributed by atoms with Crippen LogP contribution < -0.4 is 10.5 Å². The van der Waals surface area contributed by atoms with E-state index in [4.69, 9.17) is 22.1 Å². The van der Waals surface area contributed by atoms with E-state index in [-0.39, 0.29) is 0 Å². The molecule has 3 nitrogen and oxygen atoms in total. The molecule has 0 aliphatic carbocycles. The molecule has 0 spiro atoms. The monoisotopic (exact) mass is 277 g/mol. The maximum absolute atomic E-state index is 10.7. The van der Waals surface area contributed by atoms with Crippen molar-refractivity contribution in [1.82, 2.24) is 0 Å². The summed E-state index contributed by atoms with van der Waals surface area (Å²) >= 11 is 9.00. The first kappa shape index (κ1) is 11.3. The minimum Gasteiger partial charge on any atom is -0.480 e. The van der Waals surface area contributed by atoms with E-state index >= 15 is 0 Å². The zero-order chi connectivity index (χ0) is 10.7. The minimum absolute atomic E-state index is 0.508. The lowest BCUT2D eigenvalue weighted by Crippen LogP contribution is -2.30. The third kappa shape index (κ3) is 2.89. The molecule has 0 fully saturated rings. The maximum atomic E-state index is 10.7. The quantitative estimate of drug-likeness (QED) is 0.923. The van der Waals surface area contributed by atoms with Crippen LogP contribution in [0.15, 0.2) is 22.7 Å². The highest BCUT2D eigenvalue weighted by Crippen LogP contribution is 2.28. The smallest absolute Gasteiger partial charge is 0.258 e. The minimum atomic E-state index is -0.660. The number of hydrogen-bond acceptors (Lipinski definition) is 2. The van der Waals surface area contributed by atoms with Gasteiger partial charge in [-0.2, -0.15) is 0 Å². The molecule has 76 valence electrons. The van der Waals surface area contributed by atoms with Crippen molar-refractivity contribution in [3.63, 3.8) is 0 Å². The maximum Gasteiger partial charge on any atom is 0.258 e. The van der Waals surface area contributed by atoms with Crippen LogP contribution in [0.25, 0.3) is 0 Å². The second kappa shape index (κ2) is 4.66. The van der Waals surface area contributed by atoms with Crippen LogP contribution in [0.3, 0.4) is 0 Å². The van der Waals surface area contributed by atoms with E-state index in [1.807, 2.05) is 0 Å². The number of halogens is 2. The Kier molecular flexibility index (Phi) is 3.77. The van der Waals surface area contributed by atoms with Crippen LogP contribution >= 0.6 is 27.5 Å². The number of nitrogens with two attached hydrogens (primary N) is 1. The van der Waals surface area contributed by atoms with Gasteiger partial charge in [-0.1, -0.05) is 11.6 Å². The zero-order valence-electron chi connectivity index (χ0n) is 7.46. The van der Waals surface area contributed by atoms with Crippen molar-refractivity contribution in [3.8, 4) is 5.75 Å². The van der Waals surface area contributed by atoms with Gasteiger partial charge in [0.25, 0.3) is 5.91 Å². The lowest BCUT2D eigenvalue weighted by molar-refractivity contribution is -0.124. The molecule has 1 atom stereocenters. The van der Waals surface area contributed by atoms with Gasteiger partial charge in [0, 0.05) is 5.02 Å². The predicted molar refractivity (Wildman–Crippen MR) is 58.4 cm³/mol. The van der Waals surface area contributed by atoms with Crippen LogP contribution in [0.2, 0.25) is 5.02 Å². The molecular formula is C9H9BrClNO2. The van der Waals surface area contributed by atoms with Gasteiger partial charge >= 0.3 is 0 Å². The fourth-order valence-electron chi connectivity index (χ4n) is 0.819. The van der Waals surface area contributed by atoms with Crippen LogP contribution in [0.1, 0.15) is 6.92 Å². The Morgan fingerprint density at radius 2 is 2.29 bits per heavy atom. The first-order chi connectivity index (χ1) is 6.50. The second-order valence-corrected chi connectivity index (χ2v) is 4.03. The molecule has 14 heavy (non-hydrogen) atoms. The van der Waals surface area contributed by atoms with E-state index in [1.54, 1.807) is 25.1 Å². The molecule has 0 aromatic heterocycles. The SMILES string of the molecule is C[C@H](Oc1ccc(Cl)cc1Br)C(N)=O. The normalized spacial score (nSPS) is 12.2. The predicted octanol–water partition coefficient (Wildman–Crippen LogP) is 2.36. The summed E-state index contributed by atoms with van der Waals surface area (Å²) in [5, 5.41) is 0.593. The molecule has 1 aromatic carbocycles. The molecule has 0 saturated heterocycles. The Bertz CT molecular complexity index is 357. The Morgan fingerprint density at radius 1 is 1.64 bits per heavy atom. The topological polar surface area (TPSA) is 52.3 Å². The van der Waals surface area contributed by atoms with Gasteiger partial charge in [-0.15, -0.1) is 0 Å². The van der Waals surface area contributed by atoms with Gasteiger partial charge in [0.2, 0.25) is 0 Å². The average molecular weight is 279 g/mol. The average Bonchev–Trinajstić information content (AvgIpc) is 2.09. The van der Waals surface area contributed by atoms with E-state index in [2.05, 4.69) is 15.9 Å². The first-order valence-corrected chi connectivity index (χ1v) is 5.09. The molecule has 2 N–H and O–H groups in total. The Balaban J connectivity index is 2.82. The molecule has 0 saturated carbocycles. The Hall–Kier alpha value is -0.740. The molecule has 0 aliphatic rings. The lowest BCUT2D eigenvalue weighted by Gasteiger charge is -2.12. The van der Waals surface area contributed by atoms with E-state index in [9.17, 15) is 4.79 Å². The molecule has 0 unspecified atom stereocenters. The molecule has 0 radical (unpaired) electrons. The standard InChI is InChI=1S/C9H9BrClNO2/c1-5(9(12)13)14-8-3-2-6(11)4-7(8)10/h2-5H,1H3,(H2,12,13)/t5-/m0/s1. The number of benzene rings is 1. The Morgan fingerprint density at radius 3 is 2.79 bits per heavy atom. The van der Waals surface area contributed by atoms with E-state index in [0.29, 0.717) is 15.2 Å². The summed E-state index contributed by atoms with van der Waals surface area (Å²) in [5.74, 6) is 0.0348. The molecular weight excluding hydrogens is 269 g/mol. The van der Waals surface area contributed by atoms with Crippen molar-refractivity contribution >= 4 is 33.4 Å². The summed E-state index contributed by atoms with van der Waals surface area (Å²) in [6, 6.07) is 5.03. The third-order valence-electron chi connectivity index (χ3n) is 1.60. The molecule has 1 amide bonds. The number of carbonyl (C=O) groups is 1. The number of primary amides is 1. The van der Waals surface area contributed by atoms with Crippen molar-refractivity contribution in [2.75, 3.05) is 0 Å². The molecule has 1 aromatic rings. The van der Waals surface area contributed by atoms with Crippen LogP contribution in [0.5, 0.6) is 5.75 Å². The zero-order valence-corrected chi connectivity index (χ0v) is 9.80. The third-order valence-corrected chi connectivity index (χ3v) is 2.45. The summed E-state index contributed by atoms with van der Waals surface area (Å²) in [6.07, 6.45) is -0.660. The van der Waals surface area contributed by atoms with E-state index < -0.39 is 12.0 Å².